The lowest BCUT2D eigenvalue weighted by molar-refractivity contribution is 0.538. The molecule has 0 bridgehead atoms. The normalized spacial score (nSPS) is 14.7. The van der Waals surface area contributed by atoms with E-state index in [1.165, 1.54) is 23.1 Å². The van der Waals surface area contributed by atoms with Crippen LogP contribution in [0.25, 0.3) is 11.2 Å². The molecule has 1 atom stereocenters. The van der Waals surface area contributed by atoms with Gasteiger partial charge in [-0.25, -0.2) is 18.1 Å². The van der Waals surface area contributed by atoms with Crippen molar-refractivity contribution in [3.63, 3.8) is 0 Å². The molecule has 0 saturated heterocycles. The fourth-order valence-corrected chi connectivity index (χ4v) is 5.84. The second kappa shape index (κ2) is 9.34. The van der Waals surface area contributed by atoms with E-state index in [-0.39, 0.29) is 17.6 Å². The number of aromatic nitrogens is 4. The fourth-order valence-electron chi connectivity index (χ4n) is 4.43. The smallest absolute Gasteiger partial charge is 0.312 e. The van der Waals surface area contributed by atoms with Crippen molar-refractivity contribution in [1.29, 1.82) is 0 Å². The molecular weight excluding hydrogens is 443 g/mol. The second-order valence-electron chi connectivity index (χ2n) is 8.91. The van der Waals surface area contributed by atoms with Gasteiger partial charge in [-0.15, -0.1) is 0 Å². The lowest BCUT2D eigenvalue weighted by Gasteiger charge is -2.14. The van der Waals surface area contributed by atoms with Crippen LogP contribution in [0.4, 0.5) is 10.2 Å². The third kappa shape index (κ3) is 5.16. The first kappa shape index (κ1) is 23.6. The van der Waals surface area contributed by atoms with Crippen molar-refractivity contribution in [3.8, 4) is 0 Å². The minimum atomic E-state index is -3.42. The van der Waals surface area contributed by atoms with Gasteiger partial charge in [0.25, 0.3) is 0 Å². The summed E-state index contributed by atoms with van der Waals surface area (Å²) in [5, 5.41) is 0. The summed E-state index contributed by atoms with van der Waals surface area (Å²) in [7, 11) is -3.42. The zero-order valence-electron chi connectivity index (χ0n) is 19.4. The number of anilines is 1. The monoisotopic (exact) mass is 474 g/mol. The number of hydrogen-bond acceptors (Lipinski definition) is 6. The number of hydrogen-bond donors (Lipinski definition) is 2. The zero-order chi connectivity index (χ0) is 23.8. The van der Waals surface area contributed by atoms with Crippen molar-refractivity contribution in [2.75, 3.05) is 11.5 Å². The van der Waals surface area contributed by atoms with E-state index in [2.05, 4.69) is 38.7 Å². The quantitative estimate of drug-likeness (QED) is 0.461. The maximum atomic E-state index is 14.0. The highest BCUT2D eigenvalue weighted by Crippen LogP contribution is 2.28. The molecule has 2 aromatic heterocycles. The highest BCUT2D eigenvalue weighted by Gasteiger charge is 2.20. The number of nitrogens with one attached hydrogen (secondary N) is 1. The van der Waals surface area contributed by atoms with Crippen molar-refractivity contribution in [2.45, 2.75) is 71.9 Å². The van der Waals surface area contributed by atoms with Crippen molar-refractivity contribution in [1.82, 2.24) is 24.2 Å². The van der Waals surface area contributed by atoms with Crippen LogP contribution in [-0.2, 0) is 35.8 Å². The standard InChI is InChI=1S/C23H31FN6O2S/c1-4-15(3)29-33(31,32)10-6-9-30-19(26-20-21(25)27-23(24)28-22(20)30)13-18-12-17-8-5-7-16(17)11-14(18)2/h11-12,15,29H,4-10,13H2,1-3H3,(H2,25,27,28). The number of rotatable bonds is 9. The van der Waals surface area contributed by atoms with Crippen LogP contribution in [0.5, 0.6) is 0 Å². The Morgan fingerprint density at radius 2 is 1.94 bits per heavy atom. The van der Waals surface area contributed by atoms with Crippen molar-refractivity contribution in [3.05, 3.63) is 46.3 Å². The summed E-state index contributed by atoms with van der Waals surface area (Å²) in [5.41, 5.74) is 11.7. The minimum Gasteiger partial charge on any atom is -0.382 e. The van der Waals surface area contributed by atoms with Gasteiger partial charge in [0, 0.05) is 19.0 Å². The Labute approximate surface area is 193 Å². The zero-order valence-corrected chi connectivity index (χ0v) is 20.2. The van der Waals surface area contributed by atoms with E-state index in [0.717, 1.165) is 18.4 Å². The first-order valence-corrected chi connectivity index (χ1v) is 13.1. The lowest BCUT2D eigenvalue weighted by Crippen LogP contribution is -2.34. The first-order valence-electron chi connectivity index (χ1n) is 11.5. The summed E-state index contributed by atoms with van der Waals surface area (Å²) in [5.74, 6) is 0.608. The second-order valence-corrected chi connectivity index (χ2v) is 10.8. The largest absolute Gasteiger partial charge is 0.382 e. The highest BCUT2D eigenvalue weighted by molar-refractivity contribution is 7.89. The topological polar surface area (TPSA) is 116 Å². The van der Waals surface area contributed by atoms with E-state index in [0.29, 0.717) is 42.8 Å². The molecular formula is C23H31FN6O2S. The molecule has 0 amide bonds. The molecule has 3 N–H and O–H groups in total. The molecule has 1 aliphatic rings. The molecule has 1 aliphatic carbocycles. The van der Waals surface area contributed by atoms with E-state index < -0.39 is 16.1 Å². The SMILES string of the molecule is CCC(C)NS(=O)(=O)CCCn1c(Cc2cc3c(cc2C)CCC3)nc2c(N)nc(F)nc21. The number of benzene rings is 1. The van der Waals surface area contributed by atoms with Crippen molar-refractivity contribution in [2.24, 2.45) is 0 Å². The molecule has 8 nitrogen and oxygen atoms in total. The Balaban J connectivity index is 1.64. The Hall–Kier alpha value is -2.59. The van der Waals surface area contributed by atoms with E-state index in [4.69, 9.17) is 5.73 Å². The Bertz CT molecular complexity index is 1290. The average molecular weight is 475 g/mol. The number of nitrogens with zero attached hydrogens (tertiary/aromatic N) is 4. The number of imidazole rings is 1. The van der Waals surface area contributed by atoms with Gasteiger partial charge in [-0.05, 0) is 68.2 Å². The summed E-state index contributed by atoms with van der Waals surface area (Å²) in [4.78, 5) is 12.2. The molecule has 0 spiro atoms. The molecule has 1 unspecified atom stereocenters. The van der Waals surface area contributed by atoms with Crippen molar-refractivity contribution >= 4 is 27.0 Å². The van der Waals surface area contributed by atoms with Crippen molar-refractivity contribution < 1.29 is 12.8 Å². The van der Waals surface area contributed by atoms with Crippen LogP contribution < -0.4 is 10.5 Å². The summed E-state index contributed by atoms with van der Waals surface area (Å²) in [6.07, 6.45) is 4.00. The van der Waals surface area contributed by atoms with Gasteiger partial charge in [0.15, 0.2) is 17.0 Å². The predicted molar refractivity (Wildman–Crippen MR) is 127 cm³/mol. The fraction of sp³-hybridized carbons (Fsp3) is 0.522. The predicted octanol–water partition coefficient (Wildman–Crippen LogP) is 3.04. The first-order chi connectivity index (χ1) is 15.7. The Morgan fingerprint density at radius 3 is 2.67 bits per heavy atom. The molecule has 2 heterocycles. The van der Waals surface area contributed by atoms with Crippen LogP contribution >= 0.6 is 0 Å². The number of aryl methyl sites for hydroxylation is 4. The van der Waals surface area contributed by atoms with Crippen LogP contribution in [0.2, 0.25) is 0 Å². The molecule has 10 heteroatoms. The van der Waals surface area contributed by atoms with E-state index >= 15 is 0 Å². The summed E-state index contributed by atoms with van der Waals surface area (Å²) in [6, 6.07) is 4.35. The van der Waals surface area contributed by atoms with Gasteiger partial charge < -0.3 is 10.3 Å². The maximum absolute atomic E-state index is 14.0. The number of sulfonamides is 1. The lowest BCUT2D eigenvalue weighted by atomic mass is 9.98. The van der Waals surface area contributed by atoms with E-state index in [1.807, 2.05) is 13.8 Å². The van der Waals surface area contributed by atoms with Crippen LogP contribution in [-0.4, -0.2) is 39.7 Å². The van der Waals surface area contributed by atoms with Gasteiger partial charge in [-0.2, -0.15) is 14.4 Å². The summed E-state index contributed by atoms with van der Waals surface area (Å²) < 4.78 is 43.2. The molecule has 3 aromatic rings. The van der Waals surface area contributed by atoms with Crippen LogP contribution in [0.3, 0.4) is 0 Å². The number of nitrogens with two attached hydrogens (primary N) is 1. The van der Waals surface area contributed by atoms with Gasteiger partial charge in [-0.3, -0.25) is 0 Å². The Kier molecular flexibility index (Phi) is 6.67. The molecule has 4 rings (SSSR count). The molecule has 0 saturated carbocycles. The molecule has 178 valence electrons. The highest BCUT2D eigenvalue weighted by atomic mass is 32.2. The number of halogens is 1. The van der Waals surface area contributed by atoms with E-state index in [9.17, 15) is 12.8 Å². The Morgan fingerprint density at radius 1 is 1.21 bits per heavy atom. The number of nitrogen functional groups attached to an aromatic ring is 1. The minimum absolute atomic E-state index is 0.0192. The molecule has 0 fully saturated rings. The molecule has 0 radical (unpaired) electrons. The molecule has 1 aromatic carbocycles. The molecule has 33 heavy (non-hydrogen) atoms. The summed E-state index contributed by atoms with van der Waals surface area (Å²) in [6.45, 7) is 6.17. The number of fused-ring (bicyclic) bond motifs is 2. The van der Waals surface area contributed by atoms with E-state index in [1.54, 1.807) is 4.57 Å². The third-order valence-corrected chi connectivity index (χ3v) is 7.95. The van der Waals surface area contributed by atoms with Crippen LogP contribution in [0.15, 0.2) is 12.1 Å². The van der Waals surface area contributed by atoms with Crippen LogP contribution in [0.1, 0.15) is 61.2 Å². The van der Waals surface area contributed by atoms with Crippen LogP contribution in [0, 0.1) is 13.0 Å². The van der Waals surface area contributed by atoms with Gasteiger partial charge >= 0.3 is 6.08 Å². The average Bonchev–Trinajstić information content (AvgIpc) is 3.32. The van der Waals surface area contributed by atoms with Gasteiger partial charge in [0.1, 0.15) is 5.82 Å². The summed E-state index contributed by atoms with van der Waals surface area (Å²) >= 11 is 0. The van der Waals surface area contributed by atoms with Gasteiger partial charge in [-0.1, -0.05) is 19.1 Å². The third-order valence-electron chi connectivity index (χ3n) is 6.36. The van der Waals surface area contributed by atoms with Gasteiger partial charge in [0.05, 0.1) is 5.75 Å². The maximum Gasteiger partial charge on any atom is 0.312 e. The van der Waals surface area contributed by atoms with Gasteiger partial charge in [0.2, 0.25) is 10.0 Å². The molecule has 0 aliphatic heterocycles.